The standard InChI is InChI=1S/C13H15N3O3/c17-11(6-1-2-7-12(18)19)15-10-5-3-4-9-8-14-16-13(9)10/h3-5,8H,1-2,6-7H2,(H,14,16)(H,15,17)(H,18,19). The van der Waals surface area contributed by atoms with Gasteiger partial charge in [-0.05, 0) is 18.9 Å². The minimum Gasteiger partial charge on any atom is -0.481 e. The van der Waals surface area contributed by atoms with Crippen LogP contribution in [0.15, 0.2) is 24.4 Å². The number of carbonyl (C=O) groups is 2. The lowest BCUT2D eigenvalue weighted by molar-refractivity contribution is -0.137. The number of unbranched alkanes of at least 4 members (excludes halogenated alkanes) is 1. The van der Waals surface area contributed by atoms with E-state index in [1.807, 2.05) is 12.1 Å². The van der Waals surface area contributed by atoms with Crippen LogP contribution in [0.3, 0.4) is 0 Å². The Bertz CT molecular complexity index is 592. The number of carboxylic acids is 1. The van der Waals surface area contributed by atoms with Crippen LogP contribution in [0.2, 0.25) is 0 Å². The minimum atomic E-state index is -0.831. The van der Waals surface area contributed by atoms with Crippen LogP contribution in [-0.4, -0.2) is 27.2 Å². The molecule has 6 heteroatoms. The monoisotopic (exact) mass is 261 g/mol. The van der Waals surface area contributed by atoms with Crippen molar-refractivity contribution in [2.75, 3.05) is 5.32 Å². The van der Waals surface area contributed by atoms with Gasteiger partial charge in [-0.15, -0.1) is 0 Å². The Morgan fingerprint density at radius 1 is 1.26 bits per heavy atom. The SMILES string of the molecule is O=C(O)CCCCC(=O)Nc1cccc2cn[nH]c12. The molecule has 0 aliphatic rings. The second-order valence-electron chi connectivity index (χ2n) is 4.29. The number of nitrogens with zero attached hydrogens (tertiary/aromatic N) is 1. The summed E-state index contributed by atoms with van der Waals surface area (Å²) in [4.78, 5) is 22.1. The highest BCUT2D eigenvalue weighted by molar-refractivity contribution is 6.00. The first-order valence-electron chi connectivity index (χ1n) is 6.10. The molecule has 1 heterocycles. The number of hydrogen-bond acceptors (Lipinski definition) is 3. The highest BCUT2D eigenvalue weighted by Crippen LogP contribution is 2.20. The van der Waals surface area contributed by atoms with E-state index < -0.39 is 5.97 Å². The number of benzene rings is 1. The lowest BCUT2D eigenvalue weighted by atomic mass is 10.2. The van der Waals surface area contributed by atoms with E-state index in [2.05, 4.69) is 15.5 Å². The first kappa shape index (κ1) is 13.1. The van der Waals surface area contributed by atoms with Crippen LogP contribution in [0.1, 0.15) is 25.7 Å². The van der Waals surface area contributed by atoms with E-state index in [4.69, 9.17) is 5.11 Å². The number of carboxylic acid groups (broad SMARTS) is 1. The number of H-pyrrole nitrogens is 1. The van der Waals surface area contributed by atoms with Crippen molar-refractivity contribution in [2.45, 2.75) is 25.7 Å². The normalized spacial score (nSPS) is 10.5. The van der Waals surface area contributed by atoms with Gasteiger partial charge in [-0.1, -0.05) is 12.1 Å². The smallest absolute Gasteiger partial charge is 0.303 e. The van der Waals surface area contributed by atoms with Crippen molar-refractivity contribution in [3.05, 3.63) is 24.4 Å². The largest absolute Gasteiger partial charge is 0.481 e. The molecule has 0 spiro atoms. The number of amides is 1. The van der Waals surface area contributed by atoms with Crippen molar-refractivity contribution in [2.24, 2.45) is 0 Å². The Hall–Kier alpha value is -2.37. The van der Waals surface area contributed by atoms with Gasteiger partial charge in [0.05, 0.1) is 17.4 Å². The molecule has 0 fully saturated rings. The molecule has 6 nitrogen and oxygen atoms in total. The number of aliphatic carboxylic acids is 1. The van der Waals surface area contributed by atoms with Crippen LogP contribution in [0, 0.1) is 0 Å². The van der Waals surface area contributed by atoms with Crippen LogP contribution in [0.5, 0.6) is 0 Å². The Kier molecular flexibility index (Phi) is 4.12. The van der Waals surface area contributed by atoms with Crippen molar-refractivity contribution in [1.82, 2.24) is 10.2 Å². The summed E-state index contributed by atoms with van der Waals surface area (Å²) in [5, 5.41) is 19.0. The predicted molar refractivity (Wildman–Crippen MR) is 70.8 cm³/mol. The molecule has 3 N–H and O–H groups in total. The summed E-state index contributed by atoms with van der Waals surface area (Å²) in [5.74, 6) is -0.949. The molecule has 0 aliphatic heterocycles. The molecule has 0 unspecified atom stereocenters. The number of anilines is 1. The molecule has 0 aliphatic carbocycles. The third kappa shape index (κ3) is 3.54. The van der Waals surface area contributed by atoms with Crippen LogP contribution < -0.4 is 5.32 Å². The van der Waals surface area contributed by atoms with Crippen molar-refractivity contribution >= 4 is 28.5 Å². The number of para-hydroxylation sites is 1. The zero-order valence-electron chi connectivity index (χ0n) is 10.3. The van der Waals surface area contributed by atoms with Crippen LogP contribution in [0.25, 0.3) is 10.9 Å². The number of rotatable bonds is 6. The van der Waals surface area contributed by atoms with Gasteiger partial charge in [-0.3, -0.25) is 14.7 Å². The van der Waals surface area contributed by atoms with Gasteiger partial charge in [0, 0.05) is 18.2 Å². The quantitative estimate of drug-likeness (QED) is 0.694. The van der Waals surface area contributed by atoms with Gasteiger partial charge < -0.3 is 10.4 Å². The third-order valence-corrected chi connectivity index (χ3v) is 2.80. The van der Waals surface area contributed by atoms with E-state index in [0.29, 0.717) is 24.9 Å². The molecule has 2 rings (SSSR count). The molecule has 0 saturated heterocycles. The van der Waals surface area contributed by atoms with E-state index in [0.717, 1.165) is 10.9 Å². The van der Waals surface area contributed by atoms with E-state index in [-0.39, 0.29) is 12.3 Å². The van der Waals surface area contributed by atoms with Crippen molar-refractivity contribution in [3.63, 3.8) is 0 Å². The maximum absolute atomic E-state index is 11.7. The van der Waals surface area contributed by atoms with Gasteiger partial charge in [-0.25, -0.2) is 0 Å². The Labute approximate surface area is 109 Å². The predicted octanol–water partition coefficient (Wildman–Crippen LogP) is 2.15. The molecule has 0 radical (unpaired) electrons. The number of carbonyl (C=O) groups excluding carboxylic acids is 1. The topological polar surface area (TPSA) is 95.1 Å². The average Bonchev–Trinajstić information content (AvgIpc) is 2.84. The molecule has 2 aromatic rings. The van der Waals surface area contributed by atoms with E-state index >= 15 is 0 Å². The molecule has 0 bridgehead atoms. The lowest BCUT2D eigenvalue weighted by Gasteiger charge is -2.05. The van der Waals surface area contributed by atoms with Crippen LogP contribution in [-0.2, 0) is 9.59 Å². The average molecular weight is 261 g/mol. The zero-order chi connectivity index (χ0) is 13.7. The summed E-state index contributed by atoms with van der Waals surface area (Å²) < 4.78 is 0. The van der Waals surface area contributed by atoms with Crippen LogP contribution >= 0.6 is 0 Å². The minimum absolute atomic E-state index is 0.101. The summed E-state index contributed by atoms with van der Waals surface area (Å²) >= 11 is 0. The Morgan fingerprint density at radius 2 is 2.05 bits per heavy atom. The number of fused-ring (bicyclic) bond motifs is 1. The molecular weight excluding hydrogens is 246 g/mol. The summed E-state index contributed by atoms with van der Waals surface area (Å²) in [5.41, 5.74) is 1.49. The zero-order valence-corrected chi connectivity index (χ0v) is 10.3. The fourth-order valence-corrected chi connectivity index (χ4v) is 1.85. The molecule has 100 valence electrons. The summed E-state index contributed by atoms with van der Waals surface area (Å²) in [6.45, 7) is 0. The first-order chi connectivity index (χ1) is 9.16. The van der Waals surface area contributed by atoms with Crippen molar-refractivity contribution in [1.29, 1.82) is 0 Å². The van der Waals surface area contributed by atoms with Crippen LogP contribution in [0.4, 0.5) is 5.69 Å². The fourth-order valence-electron chi connectivity index (χ4n) is 1.85. The van der Waals surface area contributed by atoms with Crippen molar-refractivity contribution < 1.29 is 14.7 Å². The second-order valence-corrected chi connectivity index (χ2v) is 4.29. The fraction of sp³-hybridized carbons (Fsp3) is 0.308. The summed E-state index contributed by atoms with van der Waals surface area (Å²) in [7, 11) is 0. The molecule has 19 heavy (non-hydrogen) atoms. The molecule has 0 saturated carbocycles. The van der Waals surface area contributed by atoms with Gasteiger partial charge in [0.25, 0.3) is 0 Å². The Morgan fingerprint density at radius 3 is 2.84 bits per heavy atom. The van der Waals surface area contributed by atoms with E-state index in [1.165, 1.54) is 0 Å². The van der Waals surface area contributed by atoms with E-state index in [9.17, 15) is 9.59 Å². The highest BCUT2D eigenvalue weighted by Gasteiger charge is 2.07. The van der Waals surface area contributed by atoms with Gasteiger partial charge in [0.2, 0.25) is 5.91 Å². The molecule has 0 atom stereocenters. The number of hydrogen-bond donors (Lipinski definition) is 3. The van der Waals surface area contributed by atoms with Gasteiger partial charge in [0.15, 0.2) is 0 Å². The van der Waals surface area contributed by atoms with Gasteiger partial charge in [0.1, 0.15) is 0 Å². The number of aromatic amines is 1. The molecule has 1 amide bonds. The molecule has 1 aromatic heterocycles. The maximum Gasteiger partial charge on any atom is 0.303 e. The van der Waals surface area contributed by atoms with Gasteiger partial charge >= 0.3 is 5.97 Å². The summed E-state index contributed by atoms with van der Waals surface area (Å²) in [6.07, 6.45) is 3.19. The van der Waals surface area contributed by atoms with Crippen molar-refractivity contribution in [3.8, 4) is 0 Å². The first-order valence-corrected chi connectivity index (χ1v) is 6.10. The number of nitrogens with one attached hydrogen (secondary N) is 2. The summed E-state index contributed by atoms with van der Waals surface area (Å²) in [6, 6.07) is 5.55. The highest BCUT2D eigenvalue weighted by atomic mass is 16.4. The lowest BCUT2D eigenvalue weighted by Crippen LogP contribution is -2.11. The molecular formula is C13H15N3O3. The maximum atomic E-state index is 11.7. The molecule has 1 aromatic carbocycles. The Balaban J connectivity index is 1.88. The third-order valence-electron chi connectivity index (χ3n) is 2.80. The number of aromatic nitrogens is 2. The van der Waals surface area contributed by atoms with Gasteiger partial charge in [-0.2, -0.15) is 5.10 Å². The van der Waals surface area contributed by atoms with E-state index in [1.54, 1.807) is 12.3 Å². The second kappa shape index (κ2) is 5.99.